The molecule has 9 heteroatoms. The van der Waals surface area contributed by atoms with E-state index in [9.17, 15) is 19.4 Å². The van der Waals surface area contributed by atoms with E-state index in [1.807, 2.05) is 27.2 Å². The van der Waals surface area contributed by atoms with Crippen molar-refractivity contribution >= 4 is 13.7 Å². The average molecular weight is 788 g/mol. The van der Waals surface area contributed by atoms with E-state index >= 15 is 0 Å². The lowest BCUT2D eigenvalue weighted by Crippen LogP contribution is -2.45. The van der Waals surface area contributed by atoms with Crippen molar-refractivity contribution in [2.24, 2.45) is 0 Å². The van der Waals surface area contributed by atoms with Crippen molar-refractivity contribution in [3.8, 4) is 0 Å². The topological polar surface area (TPSA) is 105 Å². The molecule has 0 spiro atoms. The first-order chi connectivity index (χ1) is 26.0. The van der Waals surface area contributed by atoms with Crippen molar-refractivity contribution in [3.05, 3.63) is 12.2 Å². The van der Waals surface area contributed by atoms with Crippen LogP contribution >= 0.6 is 7.82 Å². The first kappa shape index (κ1) is 53.2. The minimum atomic E-state index is -4.32. The van der Waals surface area contributed by atoms with Crippen LogP contribution in [-0.2, 0) is 18.4 Å². The normalized spacial score (nSPS) is 14.4. The number of nitrogens with zero attached hydrogens (tertiary/aromatic N) is 1. The minimum absolute atomic E-state index is 0.0636. The summed E-state index contributed by atoms with van der Waals surface area (Å²) in [6, 6.07) is -0.837. The van der Waals surface area contributed by atoms with Gasteiger partial charge in [-0.2, -0.15) is 0 Å². The standard InChI is InChI=1S/C45H91N2O6P/c1-6-8-10-12-13-14-15-16-17-18-19-20-21-22-23-24-25-26-27-28-29-30-31-32-33-35-36-38-44(48)43(46-45(49)39-37-34-11-9-7-2)42-53-54(50,51)52-41-40-47(3,4)5/h36,38,43-44,48H,6-35,37,39-42H2,1-5H3,(H-,46,49,50,51)/p+1/b38-36+. The zero-order chi connectivity index (χ0) is 40.0. The summed E-state index contributed by atoms with van der Waals surface area (Å²) in [4.78, 5) is 22.8. The lowest BCUT2D eigenvalue weighted by molar-refractivity contribution is -0.870. The van der Waals surface area contributed by atoms with Crippen LogP contribution in [0, 0.1) is 0 Å². The van der Waals surface area contributed by atoms with Crippen LogP contribution in [0.3, 0.4) is 0 Å². The fourth-order valence-electron chi connectivity index (χ4n) is 6.81. The molecule has 0 aliphatic rings. The van der Waals surface area contributed by atoms with Crippen LogP contribution in [0.4, 0.5) is 0 Å². The number of hydrogen-bond acceptors (Lipinski definition) is 5. The van der Waals surface area contributed by atoms with Crippen LogP contribution in [-0.4, -0.2) is 73.4 Å². The van der Waals surface area contributed by atoms with E-state index in [1.165, 1.54) is 154 Å². The van der Waals surface area contributed by atoms with Crippen molar-refractivity contribution in [2.75, 3.05) is 40.9 Å². The van der Waals surface area contributed by atoms with E-state index in [0.29, 0.717) is 17.4 Å². The summed E-state index contributed by atoms with van der Waals surface area (Å²) in [6.45, 7) is 4.73. The molecule has 54 heavy (non-hydrogen) atoms. The Kier molecular flexibility index (Phi) is 37.3. The Labute approximate surface area is 335 Å². The SMILES string of the molecule is CCCCCCCCCCCCCCCCCCCCCCCCCCC/C=C/C(O)C(COP(=O)(O)OCC[N+](C)(C)C)NC(=O)CCCCCCC. The Morgan fingerprint density at radius 2 is 0.981 bits per heavy atom. The summed E-state index contributed by atoms with van der Waals surface area (Å²) in [5.74, 6) is -0.188. The van der Waals surface area contributed by atoms with Gasteiger partial charge in [0, 0.05) is 6.42 Å². The van der Waals surface area contributed by atoms with Gasteiger partial charge in [-0.3, -0.25) is 13.8 Å². The highest BCUT2D eigenvalue weighted by Crippen LogP contribution is 2.43. The summed E-state index contributed by atoms with van der Waals surface area (Å²) in [7, 11) is 1.58. The van der Waals surface area contributed by atoms with Crippen molar-refractivity contribution in [1.29, 1.82) is 0 Å². The second-order valence-corrected chi connectivity index (χ2v) is 18.6. The van der Waals surface area contributed by atoms with Crippen LogP contribution in [0.5, 0.6) is 0 Å². The molecule has 0 saturated carbocycles. The van der Waals surface area contributed by atoms with Crippen LogP contribution in [0.1, 0.15) is 219 Å². The molecule has 0 aromatic carbocycles. The third-order valence-electron chi connectivity index (χ3n) is 10.5. The molecule has 0 radical (unpaired) electrons. The van der Waals surface area contributed by atoms with E-state index in [4.69, 9.17) is 9.05 Å². The maximum atomic E-state index is 12.6. The number of phosphoric acid groups is 1. The summed E-state index contributed by atoms with van der Waals surface area (Å²) >= 11 is 0. The molecular formula is C45H92N2O6P+. The number of phosphoric ester groups is 1. The summed E-state index contributed by atoms with van der Waals surface area (Å²) < 4.78 is 23.4. The molecule has 0 fully saturated rings. The molecule has 0 aromatic heterocycles. The Bertz CT molecular complexity index is 896. The maximum absolute atomic E-state index is 12.6. The number of hydrogen-bond donors (Lipinski definition) is 3. The minimum Gasteiger partial charge on any atom is -0.387 e. The van der Waals surface area contributed by atoms with Gasteiger partial charge in [0.05, 0.1) is 39.9 Å². The smallest absolute Gasteiger partial charge is 0.387 e. The predicted molar refractivity (Wildman–Crippen MR) is 231 cm³/mol. The van der Waals surface area contributed by atoms with Crippen LogP contribution in [0.2, 0.25) is 0 Å². The number of carbonyl (C=O) groups is 1. The highest BCUT2D eigenvalue weighted by Gasteiger charge is 2.27. The zero-order valence-electron chi connectivity index (χ0n) is 36.5. The number of amides is 1. The number of allylic oxidation sites excluding steroid dienone is 1. The van der Waals surface area contributed by atoms with E-state index < -0.39 is 20.0 Å². The molecule has 3 atom stereocenters. The lowest BCUT2D eigenvalue weighted by atomic mass is 10.0. The Hall–Kier alpha value is -0.760. The van der Waals surface area contributed by atoms with Crippen LogP contribution in [0.25, 0.3) is 0 Å². The number of unbranched alkanes of at least 4 members (excludes halogenated alkanes) is 29. The number of carbonyl (C=O) groups excluding carboxylic acids is 1. The number of rotatable bonds is 42. The second-order valence-electron chi connectivity index (χ2n) is 17.1. The van der Waals surface area contributed by atoms with Gasteiger partial charge in [-0.25, -0.2) is 4.57 Å². The number of nitrogens with one attached hydrogen (secondary N) is 1. The van der Waals surface area contributed by atoms with Gasteiger partial charge in [0.1, 0.15) is 13.2 Å². The molecule has 0 rings (SSSR count). The molecule has 0 aliphatic heterocycles. The maximum Gasteiger partial charge on any atom is 0.472 e. The van der Waals surface area contributed by atoms with E-state index in [1.54, 1.807) is 6.08 Å². The molecular weight excluding hydrogens is 695 g/mol. The molecule has 0 aromatic rings. The first-order valence-corrected chi connectivity index (χ1v) is 24.6. The Balaban J connectivity index is 3.99. The van der Waals surface area contributed by atoms with Gasteiger partial charge in [0.15, 0.2) is 0 Å². The molecule has 0 heterocycles. The van der Waals surface area contributed by atoms with Gasteiger partial charge >= 0.3 is 7.82 Å². The average Bonchev–Trinajstić information content (AvgIpc) is 3.12. The molecule has 322 valence electrons. The zero-order valence-corrected chi connectivity index (χ0v) is 37.4. The van der Waals surface area contributed by atoms with E-state index in [-0.39, 0.29) is 19.1 Å². The molecule has 0 aliphatic carbocycles. The lowest BCUT2D eigenvalue weighted by Gasteiger charge is -2.25. The summed E-state index contributed by atoms with van der Waals surface area (Å²) in [6.07, 6.45) is 43.5. The van der Waals surface area contributed by atoms with Gasteiger partial charge in [-0.1, -0.05) is 206 Å². The van der Waals surface area contributed by atoms with Crippen molar-refractivity contribution < 1.29 is 32.9 Å². The molecule has 0 bridgehead atoms. The highest BCUT2D eigenvalue weighted by atomic mass is 31.2. The predicted octanol–water partition coefficient (Wildman–Crippen LogP) is 12.8. The number of likely N-dealkylation sites (N-methyl/N-ethyl adjacent to an activating group) is 1. The van der Waals surface area contributed by atoms with Gasteiger partial charge in [-0.15, -0.1) is 0 Å². The molecule has 3 unspecified atom stereocenters. The monoisotopic (exact) mass is 788 g/mol. The quantitative estimate of drug-likeness (QED) is 0.0246. The molecule has 1 amide bonds. The highest BCUT2D eigenvalue weighted by molar-refractivity contribution is 7.47. The van der Waals surface area contributed by atoms with Crippen LogP contribution in [0.15, 0.2) is 12.2 Å². The van der Waals surface area contributed by atoms with Crippen LogP contribution < -0.4 is 5.32 Å². The van der Waals surface area contributed by atoms with Gasteiger partial charge in [0.2, 0.25) is 5.91 Å². The van der Waals surface area contributed by atoms with Crippen molar-refractivity contribution in [3.63, 3.8) is 0 Å². The van der Waals surface area contributed by atoms with Gasteiger partial charge < -0.3 is 19.8 Å². The fraction of sp³-hybridized carbons (Fsp3) is 0.933. The summed E-state index contributed by atoms with van der Waals surface area (Å²) in [5, 5.41) is 13.7. The van der Waals surface area contributed by atoms with E-state index in [0.717, 1.165) is 44.9 Å². The van der Waals surface area contributed by atoms with Gasteiger partial charge in [0.25, 0.3) is 0 Å². The summed E-state index contributed by atoms with van der Waals surface area (Å²) in [5.41, 5.74) is 0. The molecule has 8 nitrogen and oxygen atoms in total. The number of quaternary nitrogens is 1. The molecule has 3 N–H and O–H groups in total. The Morgan fingerprint density at radius 1 is 0.611 bits per heavy atom. The Morgan fingerprint density at radius 3 is 1.37 bits per heavy atom. The van der Waals surface area contributed by atoms with Gasteiger partial charge in [-0.05, 0) is 19.3 Å². The fourth-order valence-corrected chi connectivity index (χ4v) is 7.54. The molecule has 0 saturated heterocycles. The second kappa shape index (κ2) is 37.8. The van der Waals surface area contributed by atoms with E-state index in [2.05, 4.69) is 19.2 Å². The number of aliphatic hydroxyl groups is 1. The third kappa shape index (κ3) is 39.5. The first-order valence-electron chi connectivity index (χ1n) is 23.1. The largest absolute Gasteiger partial charge is 0.472 e. The van der Waals surface area contributed by atoms with Crippen molar-refractivity contribution in [1.82, 2.24) is 5.32 Å². The number of aliphatic hydroxyl groups excluding tert-OH is 1. The third-order valence-corrected chi connectivity index (χ3v) is 11.5. The van der Waals surface area contributed by atoms with Crippen molar-refractivity contribution in [2.45, 2.75) is 231 Å².